The third-order valence-electron chi connectivity index (χ3n) is 3.86. The van der Waals surface area contributed by atoms with Gasteiger partial charge < -0.3 is 25.4 Å². The fraction of sp³-hybridized carbons (Fsp3) is 0.316. The molecule has 0 saturated heterocycles. The van der Waals surface area contributed by atoms with Gasteiger partial charge in [-0.25, -0.2) is 4.79 Å². The van der Waals surface area contributed by atoms with Crippen LogP contribution in [-0.4, -0.2) is 38.9 Å². The summed E-state index contributed by atoms with van der Waals surface area (Å²) in [6.07, 6.45) is -0.747. The number of anilines is 1. The molecule has 0 heterocycles. The summed E-state index contributed by atoms with van der Waals surface area (Å²) in [6, 6.07) is 14.7. The predicted molar refractivity (Wildman–Crippen MR) is 99.0 cm³/mol. The van der Waals surface area contributed by atoms with Gasteiger partial charge in [-0.3, -0.25) is 0 Å². The van der Waals surface area contributed by atoms with Crippen LogP contribution in [0.4, 0.5) is 10.5 Å². The highest BCUT2D eigenvalue weighted by Gasteiger charge is 2.09. The Balaban J connectivity index is 1.76. The number of methoxy groups -OCH3 is 1. The molecule has 0 radical (unpaired) electrons. The number of ether oxygens (including phenoxy) is 1. The number of hydrogen-bond donors (Lipinski definition) is 3. The zero-order valence-corrected chi connectivity index (χ0v) is 14.8. The molecule has 2 amide bonds. The summed E-state index contributed by atoms with van der Waals surface area (Å²) in [4.78, 5) is 13.8. The minimum atomic E-state index is -0.747. The molecule has 2 aromatic carbocycles. The van der Waals surface area contributed by atoms with Crippen LogP contribution in [0.5, 0.6) is 5.75 Å². The summed E-state index contributed by atoms with van der Waals surface area (Å²) in [5.74, 6) is 0.775. The summed E-state index contributed by atoms with van der Waals surface area (Å²) >= 11 is 0. The van der Waals surface area contributed by atoms with E-state index in [4.69, 9.17) is 4.74 Å². The van der Waals surface area contributed by atoms with E-state index in [1.165, 1.54) is 0 Å². The molecule has 1 atom stereocenters. The average molecular weight is 343 g/mol. The Morgan fingerprint density at radius 2 is 1.72 bits per heavy atom. The molecule has 0 aliphatic carbocycles. The largest absolute Gasteiger partial charge is 0.497 e. The molecule has 6 nitrogen and oxygen atoms in total. The fourth-order valence-electron chi connectivity index (χ4n) is 2.29. The van der Waals surface area contributed by atoms with Gasteiger partial charge in [0.1, 0.15) is 5.75 Å². The van der Waals surface area contributed by atoms with Crippen LogP contribution in [-0.2, 0) is 6.54 Å². The highest BCUT2D eigenvalue weighted by atomic mass is 16.5. The van der Waals surface area contributed by atoms with E-state index in [1.807, 2.05) is 67.5 Å². The van der Waals surface area contributed by atoms with Gasteiger partial charge in [0.05, 0.1) is 13.2 Å². The minimum Gasteiger partial charge on any atom is -0.497 e. The van der Waals surface area contributed by atoms with Crippen molar-refractivity contribution in [3.05, 3.63) is 59.7 Å². The van der Waals surface area contributed by atoms with Crippen molar-refractivity contribution in [1.29, 1.82) is 0 Å². The van der Waals surface area contributed by atoms with Gasteiger partial charge in [-0.1, -0.05) is 24.3 Å². The predicted octanol–water partition coefficient (Wildman–Crippen LogP) is 2.29. The Kier molecular flexibility index (Phi) is 6.65. The van der Waals surface area contributed by atoms with Gasteiger partial charge in [-0.15, -0.1) is 0 Å². The lowest BCUT2D eigenvalue weighted by atomic mass is 10.1. The Bertz CT molecular complexity index is 669. The van der Waals surface area contributed by atoms with Crippen molar-refractivity contribution >= 4 is 11.7 Å². The lowest BCUT2D eigenvalue weighted by molar-refractivity contribution is 0.173. The first-order chi connectivity index (χ1) is 12.0. The quantitative estimate of drug-likeness (QED) is 0.721. The fourth-order valence-corrected chi connectivity index (χ4v) is 2.29. The summed E-state index contributed by atoms with van der Waals surface area (Å²) in [7, 11) is 5.53. The molecule has 0 spiro atoms. The Morgan fingerprint density at radius 3 is 2.28 bits per heavy atom. The van der Waals surface area contributed by atoms with Crippen LogP contribution in [0.2, 0.25) is 0 Å². The topological polar surface area (TPSA) is 73.8 Å². The number of nitrogens with zero attached hydrogens (tertiary/aromatic N) is 1. The van der Waals surface area contributed by atoms with Gasteiger partial charge in [0, 0.05) is 32.9 Å². The maximum Gasteiger partial charge on any atom is 0.315 e. The monoisotopic (exact) mass is 343 g/mol. The second-order valence-corrected chi connectivity index (χ2v) is 5.91. The second-order valence-electron chi connectivity index (χ2n) is 5.91. The highest BCUT2D eigenvalue weighted by molar-refractivity contribution is 5.73. The minimum absolute atomic E-state index is 0.149. The van der Waals surface area contributed by atoms with E-state index in [1.54, 1.807) is 7.11 Å². The molecular formula is C19H25N3O3. The van der Waals surface area contributed by atoms with Crippen molar-refractivity contribution in [1.82, 2.24) is 10.6 Å². The van der Waals surface area contributed by atoms with Gasteiger partial charge in [-0.05, 0) is 35.4 Å². The summed E-state index contributed by atoms with van der Waals surface area (Å²) in [5, 5.41) is 15.6. The zero-order chi connectivity index (χ0) is 18.2. The number of amides is 2. The molecule has 0 saturated carbocycles. The maximum absolute atomic E-state index is 11.9. The zero-order valence-electron chi connectivity index (χ0n) is 14.8. The van der Waals surface area contributed by atoms with Gasteiger partial charge in [0.2, 0.25) is 0 Å². The highest BCUT2D eigenvalue weighted by Crippen LogP contribution is 2.17. The van der Waals surface area contributed by atoms with Crippen LogP contribution in [0.3, 0.4) is 0 Å². The molecule has 3 N–H and O–H groups in total. The molecule has 2 rings (SSSR count). The number of nitrogens with one attached hydrogen (secondary N) is 2. The molecule has 25 heavy (non-hydrogen) atoms. The van der Waals surface area contributed by atoms with E-state index < -0.39 is 6.10 Å². The lowest BCUT2D eigenvalue weighted by Crippen LogP contribution is -2.37. The Morgan fingerprint density at radius 1 is 1.08 bits per heavy atom. The van der Waals surface area contributed by atoms with E-state index in [-0.39, 0.29) is 12.6 Å². The summed E-state index contributed by atoms with van der Waals surface area (Å²) in [5.41, 5.74) is 2.79. The number of carbonyl (C=O) groups excluding carboxylic acids is 1. The summed E-state index contributed by atoms with van der Waals surface area (Å²) in [6.45, 7) is 0.555. The number of urea groups is 1. The van der Waals surface area contributed by atoms with Crippen molar-refractivity contribution in [2.45, 2.75) is 12.6 Å². The van der Waals surface area contributed by atoms with Crippen molar-refractivity contribution in [3.63, 3.8) is 0 Å². The van der Waals surface area contributed by atoms with Crippen molar-refractivity contribution in [2.24, 2.45) is 0 Å². The maximum atomic E-state index is 11.9. The van der Waals surface area contributed by atoms with Crippen LogP contribution < -0.4 is 20.3 Å². The molecule has 0 bridgehead atoms. The molecule has 2 aromatic rings. The van der Waals surface area contributed by atoms with E-state index in [2.05, 4.69) is 10.6 Å². The number of aliphatic hydroxyl groups is 1. The number of hydrogen-bond acceptors (Lipinski definition) is 4. The van der Waals surface area contributed by atoms with Crippen molar-refractivity contribution in [2.75, 3.05) is 32.6 Å². The molecule has 0 aromatic heterocycles. The standard InChI is InChI=1S/C19H25N3O3/c1-22(2)16-8-6-15(7-9-16)18(23)13-21-19(24)20-12-14-4-10-17(25-3)11-5-14/h4-11,18,23H,12-13H2,1-3H3,(H2,20,21,24). The smallest absolute Gasteiger partial charge is 0.315 e. The van der Waals surface area contributed by atoms with Crippen molar-refractivity contribution in [3.8, 4) is 5.75 Å². The number of carbonyl (C=O) groups is 1. The van der Waals surface area contributed by atoms with Crippen LogP contribution in [0, 0.1) is 0 Å². The van der Waals surface area contributed by atoms with E-state index in [0.717, 1.165) is 22.6 Å². The molecule has 0 fully saturated rings. The molecule has 1 unspecified atom stereocenters. The Hall–Kier alpha value is -2.73. The van der Waals surface area contributed by atoms with E-state index >= 15 is 0 Å². The third-order valence-corrected chi connectivity index (χ3v) is 3.86. The SMILES string of the molecule is COc1ccc(CNC(=O)NCC(O)c2ccc(N(C)C)cc2)cc1. The van der Waals surface area contributed by atoms with Gasteiger partial charge in [0.15, 0.2) is 0 Å². The van der Waals surface area contributed by atoms with Gasteiger partial charge in [0.25, 0.3) is 0 Å². The van der Waals surface area contributed by atoms with E-state index in [0.29, 0.717) is 6.54 Å². The first kappa shape index (κ1) is 18.6. The van der Waals surface area contributed by atoms with Crippen LogP contribution in [0.25, 0.3) is 0 Å². The first-order valence-corrected chi connectivity index (χ1v) is 8.09. The number of aliphatic hydroxyl groups excluding tert-OH is 1. The lowest BCUT2D eigenvalue weighted by Gasteiger charge is -2.16. The third kappa shape index (κ3) is 5.69. The molecule has 0 aliphatic rings. The molecule has 134 valence electrons. The second kappa shape index (κ2) is 8.94. The molecule has 6 heteroatoms. The average Bonchev–Trinajstić information content (AvgIpc) is 2.64. The van der Waals surface area contributed by atoms with Crippen LogP contribution >= 0.6 is 0 Å². The van der Waals surface area contributed by atoms with Gasteiger partial charge >= 0.3 is 6.03 Å². The first-order valence-electron chi connectivity index (χ1n) is 8.09. The molecule has 0 aliphatic heterocycles. The van der Waals surface area contributed by atoms with Crippen molar-refractivity contribution < 1.29 is 14.6 Å². The van der Waals surface area contributed by atoms with E-state index in [9.17, 15) is 9.90 Å². The number of rotatable bonds is 7. The van der Waals surface area contributed by atoms with Gasteiger partial charge in [-0.2, -0.15) is 0 Å². The Labute approximate surface area is 148 Å². The number of benzene rings is 2. The molecular weight excluding hydrogens is 318 g/mol. The summed E-state index contributed by atoms with van der Waals surface area (Å²) < 4.78 is 5.09. The van der Waals surface area contributed by atoms with Crippen LogP contribution in [0.1, 0.15) is 17.2 Å². The van der Waals surface area contributed by atoms with Crippen LogP contribution in [0.15, 0.2) is 48.5 Å². The normalized spacial score (nSPS) is 11.5.